The van der Waals surface area contributed by atoms with Crippen molar-refractivity contribution in [3.63, 3.8) is 0 Å². The highest BCUT2D eigenvalue weighted by atomic mass is 16.5. The van der Waals surface area contributed by atoms with E-state index in [1.54, 1.807) is 20.4 Å². The monoisotopic (exact) mass is 237 g/mol. The van der Waals surface area contributed by atoms with Crippen LogP contribution in [0.1, 0.15) is 25.8 Å². The number of aromatic nitrogens is 1. The van der Waals surface area contributed by atoms with Gasteiger partial charge in [-0.15, -0.1) is 0 Å². The highest BCUT2D eigenvalue weighted by molar-refractivity contribution is 5.51. The van der Waals surface area contributed by atoms with Gasteiger partial charge in [0.05, 0.1) is 26.4 Å². The first-order chi connectivity index (χ1) is 8.02. The Morgan fingerprint density at radius 3 is 2.41 bits per heavy atom. The Labute approximate surface area is 102 Å². The van der Waals surface area contributed by atoms with E-state index in [2.05, 4.69) is 18.8 Å². The van der Waals surface area contributed by atoms with Crippen molar-refractivity contribution in [2.45, 2.75) is 25.7 Å². The molecule has 0 spiro atoms. The van der Waals surface area contributed by atoms with Crippen LogP contribution < -0.4 is 9.47 Å². The highest BCUT2D eigenvalue weighted by Gasteiger charge is 2.64. The van der Waals surface area contributed by atoms with Gasteiger partial charge < -0.3 is 14.6 Å². The van der Waals surface area contributed by atoms with Crippen LogP contribution in [0.5, 0.6) is 11.6 Å². The lowest BCUT2D eigenvalue weighted by molar-refractivity contribution is 0.222. The fraction of sp³-hybridized carbons (Fsp3) is 0.615. The smallest absolute Gasteiger partial charge is 0.220 e. The maximum absolute atomic E-state index is 9.75. The van der Waals surface area contributed by atoms with Gasteiger partial charge in [0, 0.05) is 11.6 Å². The molecule has 4 heteroatoms. The van der Waals surface area contributed by atoms with Gasteiger partial charge in [0.2, 0.25) is 5.88 Å². The van der Waals surface area contributed by atoms with E-state index < -0.39 is 0 Å². The van der Waals surface area contributed by atoms with Crippen LogP contribution in [0.4, 0.5) is 0 Å². The summed E-state index contributed by atoms with van der Waals surface area (Å²) in [7, 11) is 3.21. The van der Waals surface area contributed by atoms with Gasteiger partial charge in [-0.1, -0.05) is 13.8 Å². The van der Waals surface area contributed by atoms with Gasteiger partial charge in [-0.3, -0.25) is 0 Å². The molecule has 4 nitrogen and oxygen atoms in total. The largest absolute Gasteiger partial charge is 0.496 e. The maximum atomic E-state index is 9.75. The summed E-state index contributed by atoms with van der Waals surface area (Å²) >= 11 is 0. The first-order valence-electron chi connectivity index (χ1n) is 5.71. The van der Waals surface area contributed by atoms with Crippen LogP contribution in [0, 0.1) is 5.41 Å². The summed E-state index contributed by atoms with van der Waals surface area (Å²) in [4.78, 5) is 4.21. The molecule has 0 radical (unpaired) electrons. The number of hydrogen-bond donors (Lipinski definition) is 1. The topological polar surface area (TPSA) is 51.6 Å². The Bertz CT molecular complexity index is 408. The molecule has 1 aromatic rings. The van der Waals surface area contributed by atoms with Crippen LogP contribution in [0.3, 0.4) is 0 Å². The Morgan fingerprint density at radius 1 is 1.35 bits per heavy atom. The summed E-state index contributed by atoms with van der Waals surface area (Å²) < 4.78 is 10.7. The molecule has 1 heterocycles. The normalized spacial score (nSPS) is 25.5. The fourth-order valence-electron chi connectivity index (χ4n) is 2.68. The standard InChI is InChI=1S/C13H19NO3/c1-12(2)7-13(12,8-15)10-9(16-3)5-6-14-11(10)17-4/h5-6,15H,7-8H2,1-4H3. The second-order valence-corrected chi connectivity index (χ2v) is 5.20. The van der Waals surface area contributed by atoms with Crippen molar-refractivity contribution in [2.75, 3.05) is 20.8 Å². The van der Waals surface area contributed by atoms with Gasteiger partial charge in [-0.25, -0.2) is 4.98 Å². The molecule has 1 N–H and O–H groups in total. The van der Waals surface area contributed by atoms with Crippen LogP contribution in [-0.2, 0) is 5.41 Å². The van der Waals surface area contributed by atoms with Crippen molar-refractivity contribution >= 4 is 0 Å². The van der Waals surface area contributed by atoms with Gasteiger partial charge >= 0.3 is 0 Å². The lowest BCUT2D eigenvalue weighted by atomic mass is 9.88. The Balaban J connectivity index is 2.58. The molecular formula is C13H19NO3. The van der Waals surface area contributed by atoms with Crippen molar-refractivity contribution in [1.82, 2.24) is 4.98 Å². The van der Waals surface area contributed by atoms with E-state index in [0.29, 0.717) is 5.88 Å². The van der Waals surface area contributed by atoms with Crippen LogP contribution in [0.25, 0.3) is 0 Å². The molecule has 1 saturated carbocycles. The average Bonchev–Trinajstić information content (AvgIpc) is 2.91. The third-order valence-corrected chi connectivity index (χ3v) is 3.95. The maximum Gasteiger partial charge on any atom is 0.220 e. The van der Waals surface area contributed by atoms with Crippen LogP contribution in [0.2, 0.25) is 0 Å². The molecule has 94 valence electrons. The molecule has 17 heavy (non-hydrogen) atoms. The molecule has 1 fully saturated rings. The summed E-state index contributed by atoms with van der Waals surface area (Å²) in [6.07, 6.45) is 2.57. The molecule has 1 aliphatic rings. The minimum absolute atomic E-state index is 0.0470. The number of aliphatic hydroxyl groups excluding tert-OH is 1. The summed E-state index contributed by atoms with van der Waals surface area (Å²) in [6.45, 7) is 4.35. The molecule has 0 aliphatic heterocycles. The number of rotatable bonds is 4. The van der Waals surface area contributed by atoms with Crippen LogP contribution >= 0.6 is 0 Å². The second kappa shape index (κ2) is 3.88. The van der Waals surface area contributed by atoms with E-state index in [1.807, 2.05) is 6.07 Å². The molecule has 2 rings (SSSR count). The zero-order chi connectivity index (χ0) is 12.7. The minimum Gasteiger partial charge on any atom is -0.496 e. The third kappa shape index (κ3) is 1.59. The van der Waals surface area contributed by atoms with E-state index in [9.17, 15) is 5.11 Å². The quantitative estimate of drug-likeness (QED) is 0.867. The number of hydrogen-bond acceptors (Lipinski definition) is 4. The lowest BCUT2D eigenvalue weighted by Crippen LogP contribution is -2.21. The minimum atomic E-state index is -0.294. The molecule has 0 bridgehead atoms. The molecule has 1 aromatic heterocycles. The van der Waals surface area contributed by atoms with Gasteiger partial charge in [0.25, 0.3) is 0 Å². The Morgan fingerprint density at radius 2 is 2.00 bits per heavy atom. The predicted octanol–water partition coefficient (Wildman–Crippen LogP) is 1.76. The zero-order valence-corrected chi connectivity index (χ0v) is 10.8. The first kappa shape index (κ1) is 12.2. The molecule has 1 unspecified atom stereocenters. The van der Waals surface area contributed by atoms with Gasteiger partial charge in [0.1, 0.15) is 5.75 Å². The fourth-order valence-corrected chi connectivity index (χ4v) is 2.68. The predicted molar refractivity (Wildman–Crippen MR) is 64.5 cm³/mol. The lowest BCUT2D eigenvalue weighted by Gasteiger charge is -2.22. The summed E-state index contributed by atoms with van der Waals surface area (Å²) in [5.74, 6) is 1.28. The van der Waals surface area contributed by atoms with Gasteiger partial charge in [-0.05, 0) is 17.9 Å². The Kier molecular flexibility index (Phi) is 2.78. The van der Waals surface area contributed by atoms with Crippen molar-refractivity contribution < 1.29 is 14.6 Å². The van der Waals surface area contributed by atoms with Crippen molar-refractivity contribution in [2.24, 2.45) is 5.41 Å². The summed E-state index contributed by atoms with van der Waals surface area (Å²) in [5.41, 5.74) is 0.640. The average molecular weight is 237 g/mol. The molecule has 0 aromatic carbocycles. The molecule has 0 saturated heterocycles. The highest BCUT2D eigenvalue weighted by Crippen LogP contribution is 2.66. The SMILES string of the molecule is COc1ccnc(OC)c1C1(CO)CC1(C)C. The third-order valence-electron chi connectivity index (χ3n) is 3.95. The van der Waals surface area contributed by atoms with E-state index >= 15 is 0 Å². The van der Waals surface area contributed by atoms with E-state index in [4.69, 9.17) is 9.47 Å². The summed E-state index contributed by atoms with van der Waals surface area (Å²) in [6, 6.07) is 1.81. The van der Waals surface area contributed by atoms with E-state index in [0.717, 1.165) is 17.7 Å². The van der Waals surface area contributed by atoms with Gasteiger partial charge in [0.15, 0.2) is 0 Å². The first-order valence-corrected chi connectivity index (χ1v) is 5.71. The van der Waals surface area contributed by atoms with Crippen LogP contribution in [-0.4, -0.2) is 30.9 Å². The van der Waals surface area contributed by atoms with Crippen molar-refractivity contribution in [3.8, 4) is 11.6 Å². The number of pyridine rings is 1. The Hall–Kier alpha value is -1.29. The molecule has 1 atom stereocenters. The molecular weight excluding hydrogens is 218 g/mol. The van der Waals surface area contributed by atoms with E-state index in [1.165, 1.54) is 0 Å². The number of ether oxygens (including phenoxy) is 2. The van der Waals surface area contributed by atoms with Crippen molar-refractivity contribution in [3.05, 3.63) is 17.8 Å². The zero-order valence-electron chi connectivity index (χ0n) is 10.8. The second-order valence-electron chi connectivity index (χ2n) is 5.20. The molecule has 1 aliphatic carbocycles. The number of aliphatic hydroxyl groups is 1. The summed E-state index contributed by atoms with van der Waals surface area (Å²) in [5, 5.41) is 9.75. The van der Waals surface area contributed by atoms with E-state index in [-0.39, 0.29) is 17.4 Å². The molecule has 0 amide bonds. The van der Waals surface area contributed by atoms with Crippen LogP contribution in [0.15, 0.2) is 12.3 Å². The van der Waals surface area contributed by atoms with Gasteiger partial charge in [-0.2, -0.15) is 0 Å². The number of nitrogens with zero attached hydrogens (tertiary/aromatic N) is 1. The number of methoxy groups -OCH3 is 2. The van der Waals surface area contributed by atoms with Crippen molar-refractivity contribution in [1.29, 1.82) is 0 Å².